The second-order valence-corrected chi connectivity index (χ2v) is 11.4. The van der Waals surface area contributed by atoms with Crippen molar-refractivity contribution in [1.82, 2.24) is 9.55 Å². The number of carbonyl (C=O) groups is 2. The topological polar surface area (TPSA) is 107 Å². The predicted molar refractivity (Wildman–Crippen MR) is 150 cm³/mol. The van der Waals surface area contributed by atoms with Gasteiger partial charge in [-0.15, -0.1) is 11.3 Å². The minimum Gasteiger partial charge on any atom is -0.494 e. The Morgan fingerprint density at radius 1 is 1.18 bits per heavy atom. The summed E-state index contributed by atoms with van der Waals surface area (Å²) in [4.78, 5) is 31.1. The van der Waals surface area contributed by atoms with Crippen molar-refractivity contribution in [3.63, 3.8) is 0 Å². The lowest BCUT2D eigenvalue weighted by atomic mass is 9.98. The summed E-state index contributed by atoms with van der Waals surface area (Å²) in [7, 11) is 0. The lowest BCUT2D eigenvalue weighted by molar-refractivity contribution is -0.118. The Morgan fingerprint density at radius 2 is 2.00 bits per heavy atom. The third-order valence-corrected chi connectivity index (χ3v) is 8.20. The molecule has 3 N–H and O–H groups in total. The first-order valence-corrected chi connectivity index (χ1v) is 13.9. The fourth-order valence-electron chi connectivity index (χ4n) is 4.77. The van der Waals surface area contributed by atoms with Crippen LogP contribution in [0, 0.1) is 18.8 Å². The van der Waals surface area contributed by atoms with E-state index in [9.17, 15) is 9.59 Å². The number of primary amides is 1. The molecule has 0 bridgehead atoms. The molecule has 1 aliphatic carbocycles. The molecule has 7 nitrogen and oxygen atoms in total. The first kappa shape index (κ1) is 26.1. The van der Waals surface area contributed by atoms with Crippen molar-refractivity contribution < 1.29 is 19.4 Å². The Labute approximate surface area is 226 Å². The SMILES string of the molecule is Cc1sc(C(C(N)=O)c2cccc(OCCC(C)CCO)c2)nc1-c1ccc2c(ccn2C(=O)C2CC2)c1. The number of aryl methyl sites for hydroxylation is 1. The fourth-order valence-corrected chi connectivity index (χ4v) is 5.85. The van der Waals surface area contributed by atoms with Gasteiger partial charge in [-0.3, -0.25) is 14.2 Å². The molecule has 1 aliphatic rings. The van der Waals surface area contributed by atoms with Gasteiger partial charge in [0.05, 0.1) is 17.8 Å². The Bertz CT molecular complexity index is 1470. The highest BCUT2D eigenvalue weighted by Crippen LogP contribution is 2.37. The molecule has 0 spiro atoms. The van der Waals surface area contributed by atoms with Crippen molar-refractivity contribution >= 4 is 34.1 Å². The quantitative estimate of drug-likeness (QED) is 0.265. The summed E-state index contributed by atoms with van der Waals surface area (Å²) < 4.78 is 7.68. The number of aromatic nitrogens is 2. The molecule has 0 saturated heterocycles. The zero-order chi connectivity index (χ0) is 26.8. The average Bonchev–Trinajstić information content (AvgIpc) is 3.55. The molecule has 5 rings (SSSR count). The summed E-state index contributed by atoms with van der Waals surface area (Å²) in [6.07, 6.45) is 5.37. The van der Waals surface area contributed by atoms with E-state index in [1.807, 2.05) is 61.7 Å². The highest BCUT2D eigenvalue weighted by atomic mass is 32.1. The maximum atomic E-state index is 12.6. The number of rotatable bonds is 11. The van der Waals surface area contributed by atoms with Crippen LogP contribution in [-0.2, 0) is 4.79 Å². The van der Waals surface area contributed by atoms with Gasteiger partial charge in [0.1, 0.15) is 16.7 Å². The molecular weight excluding hydrogens is 498 g/mol. The van der Waals surface area contributed by atoms with Gasteiger partial charge in [-0.05, 0) is 74.4 Å². The van der Waals surface area contributed by atoms with Crippen molar-refractivity contribution in [1.29, 1.82) is 0 Å². The Hall–Kier alpha value is -3.49. The summed E-state index contributed by atoms with van der Waals surface area (Å²) in [5, 5.41) is 10.7. The van der Waals surface area contributed by atoms with Gasteiger partial charge in [0.25, 0.3) is 0 Å². The number of carbonyl (C=O) groups excluding carboxylic acids is 2. The molecule has 0 radical (unpaired) electrons. The number of nitrogens with two attached hydrogens (primary N) is 1. The molecule has 2 atom stereocenters. The zero-order valence-corrected chi connectivity index (χ0v) is 22.5. The van der Waals surface area contributed by atoms with Gasteiger partial charge >= 0.3 is 0 Å². The van der Waals surface area contributed by atoms with Crippen molar-refractivity contribution in [2.45, 2.75) is 45.4 Å². The van der Waals surface area contributed by atoms with E-state index in [0.29, 0.717) is 23.3 Å². The predicted octanol–water partition coefficient (Wildman–Crippen LogP) is 5.53. The number of fused-ring (bicyclic) bond motifs is 1. The molecule has 2 heterocycles. The van der Waals surface area contributed by atoms with E-state index in [1.54, 1.807) is 4.57 Å². The first-order chi connectivity index (χ1) is 18.4. The largest absolute Gasteiger partial charge is 0.494 e. The van der Waals surface area contributed by atoms with Crippen LogP contribution in [0.5, 0.6) is 5.75 Å². The molecule has 38 heavy (non-hydrogen) atoms. The lowest BCUT2D eigenvalue weighted by Crippen LogP contribution is -2.22. The number of ether oxygens (including phenoxy) is 1. The maximum Gasteiger partial charge on any atom is 0.234 e. The average molecular weight is 532 g/mol. The monoisotopic (exact) mass is 531 g/mol. The Kier molecular flexibility index (Phi) is 7.63. The summed E-state index contributed by atoms with van der Waals surface area (Å²) in [6.45, 7) is 4.78. The molecule has 0 aliphatic heterocycles. The van der Waals surface area contributed by atoms with Gasteiger partial charge < -0.3 is 15.6 Å². The number of thiazole rings is 1. The van der Waals surface area contributed by atoms with E-state index >= 15 is 0 Å². The normalized spacial score (nSPS) is 14.9. The molecule has 198 valence electrons. The smallest absolute Gasteiger partial charge is 0.234 e. The Balaban J connectivity index is 1.39. The highest BCUT2D eigenvalue weighted by molar-refractivity contribution is 7.12. The third-order valence-electron chi connectivity index (χ3n) is 7.17. The second-order valence-electron chi connectivity index (χ2n) is 10.2. The molecule has 2 aromatic heterocycles. The summed E-state index contributed by atoms with van der Waals surface area (Å²) in [5.41, 5.74) is 9.27. The number of aliphatic hydroxyl groups excluding tert-OH is 1. The van der Waals surface area contributed by atoms with E-state index in [0.717, 1.165) is 58.3 Å². The van der Waals surface area contributed by atoms with Gasteiger partial charge in [0, 0.05) is 34.5 Å². The molecule has 4 aromatic rings. The third kappa shape index (κ3) is 5.51. The van der Waals surface area contributed by atoms with E-state index in [4.69, 9.17) is 20.6 Å². The molecule has 1 saturated carbocycles. The minimum absolute atomic E-state index is 0.151. The molecule has 1 amide bonds. The van der Waals surface area contributed by atoms with E-state index in [2.05, 4.69) is 6.92 Å². The van der Waals surface area contributed by atoms with Crippen LogP contribution in [0.1, 0.15) is 58.8 Å². The molecule has 8 heteroatoms. The molecule has 2 unspecified atom stereocenters. The second kappa shape index (κ2) is 11.1. The van der Waals surface area contributed by atoms with Gasteiger partial charge in [0.15, 0.2) is 0 Å². The van der Waals surface area contributed by atoms with Crippen molar-refractivity contribution in [3.05, 3.63) is 70.2 Å². The van der Waals surface area contributed by atoms with Crippen LogP contribution >= 0.6 is 11.3 Å². The maximum absolute atomic E-state index is 12.6. The van der Waals surface area contributed by atoms with E-state index in [-0.39, 0.29) is 18.4 Å². The van der Waals surface area contributed by atoms with Crippen LogP contribution < -0.4 is 10.5 Å². The van der Waals surface area contributed by atoms with Crippen molar-refractivity contribution in [2.75, 3.05) is 13.2 Å². The van der Waals surface area contributed by atoms with Gasteiger partial charge in [-0.1, -0.05) is 25.1 Å². The lowest BCUT2D eigenvalue weighted by Gasteiger charge is -2.14. The first-order valence-electron chi connectivity index (χ1n) is 13.1. The highest BCUT2D eigenvalue weighted by Gasteiger charge is 2.31. The van der Waals surface area contributed by atoms with Crippen LogP contribution in [0.2, 0.25) is 0 Å². The van der Waals surface area contributed by atoms with Crippen LogP contribution in [0.25, 0.3) is 22.2 Å². The Morgan fingerprint density at radius 3 is 2.74 bits per heavy atom. The van der Waals surface area contributed by atoms with Crippen LogP contribution in [0.3, 0.4) is 0 Å². The van der Waals surface area contributed by atoms with E-state index in [1.165, 1.54) is 11.3 Å². The number of benzene rings is 2. The molecule has 2 aromatic carbocycles. The molecule has 1 fully saturated rings. The summed E-state index contributed by atoms with van der Waals surface area (Å²) in [6, 6.07) is 15.4. The van der Waals surface area contributed by atoms with E-state index < -0.39 is 11.8 Å². The fraction of sp³-hybridized carbons (Fsp3) is 0.367. The summed E-state index contributed by atoms with van der Waals surface area (Å²) in [5.74, 6) is 0.201. The minimum atomic E-state index is -0.690. The van der Waals surface area contributed by atoms with Gasteiger partial charge in [0.2, 0.25) is 11.8 Å². The number of aliphatic hydroxyl groups is 1. The number of hydrogen-bond donors (Lipinski definition) is 2. The van der Waals surface area contributed by atoms with Crippen LogP contribution in [0.15, 0.2) is 54.7 Å². The number of hydrogen-bond acceptors (Lipinski definition) is 6. The van der Waals surface area contributed by atoms with Gasteiger partial charge in [-0.2, -0.15) is 0 Å². The zero-order valence-electron chi connectivity index (χ0n) is 21.7. The summed E-state index contributed by atoms with van der Waals surface area (Å²) >= 11 is 1.47. The number of amides is 1. The van der Waals surface area contributed by atoms with Crippen molar-refractivity contribution in [3.8, 4) is 17.0 Å². The van der Waals surface area contributed by atoms with Crippen LogP contribution in [-0.4, -0.2) is 39.7 Å². The van der Waals surface area contributed by atoms with Gasteiger partial charge in [-0.25, -0.2) is 4.98 Å². The molecular formula is C30H33N3O4S. The standard InChI is InChI=1S/C30H33N3O4S/c1-18(11-14-34)12-15-37-24-5-3-4-22(17-24)26(28(31)35)29-32-27(19(2)38-29)23-8-9-25-21(16-23)10-13-33(25)30(36)20-6-7-20/h3-5,8-10,13,16-18,20,26,34H,6-7,11-12,14-15H2,1-2H3,(H2,31,35). The number of nitrogens with zero attached hydrogens (tertiary/aromatic N) is 2. The van der Waals surface area contributed by atoms with Crippen LogP contribution in [0.4, 0.5) is 0 Å². The van der Waals surface area contributed by atoms with Crippen molar-refractivity contribution in [2.24, 2.45) is 17.6 Å².